The SMILES string of the molecule is CCNC(=NCC1CN(C)CCN1C)NC1CCN(CC(F)F)CC1.I. The Morgan fingerprint density at radius 1 is 1.15 bits per heavy atom. The van der Waals surface area contributed by atoms with Crippen LogP contribution in [0.15, 0.2) is 4.99 Å². The summed E-state index contributed by atoms with van der Waals surface area (Å²) >= 11 is 0. The summed E-state index contributed by atoms with van der Waals surface area (Å²) in [6, 6.07) is 0.737. The van der Waals surface area contributed by atoms with Crippen LogP contribution >= 0.6 is 24.0 Å². The number of nitrogens with one attached hydrogen (secondary N) is 2. The van der Waals surface area contributed by atoms with Gasteiger partial charge in [-0.05, 0) is 33.9 Å². The Kier molecular flexibility index (Phi) is 11.2. The van der Waals surface area contributed by atoms with Crippen molar-refractivity contribution >= 4 is 29.9 Å². The van der Waals surface area contributed by atoms with Gasteiger partial charge in [-0.2, -0.15) is 0 Å². The van der Waals surface area contributed by atoms with E-state index in [1.54, 1.807) is 0 Å². The molecule has 1 atom stereocenters. The molecule has 2 N–H and O–H groups in total. The topological polar surface area (TPSA) is 46.1 Å². The molecule has 154 valence electrons. The van der Waals surface area contributed by atoms with Crippen LogP contribution in [0.25, 0.3) is 0 Å². The molecule has 26 heavy (non-hydrogen) atoms. The molecule has 0 bridgehead atoms. The predicted molar refractivity (Wildman–Crippen MR) is 114 cm³/mol. The lowest BCUT2D eigenvalue weighted by Gasteiger charge is -2.37. The smallest absolute Gasteiger partial charge is 0.251 e. The summed E-state index contributed by atoms with van der Waals surface area (Å²) in [5, 5.41) is 6.80. The second-order valence-electron chi connectivity index (χ2n) is 7.23. The van der Waals surface area contributed by atoms with Gasteiger partial charge in [-0.1, -0.05) is 0 Å². The average molecular weight is 488 g/mol. The minimum absolute atomic E-state index is 0. The molecule has 0 aromatic heterocycles. The van der Waals surface area contributed by atoms with Crippen LogP contribution in [0.3, 0.4) is 0 Å². The normalized spacial score (nSPS) is 24.5. The van der Waals surface area contributed by atoms with E-state index in [1.807, 2.05) is 4.90 Å². The zero-order valence-corrected chi connectivity index (χ0v) is 18.6. The van der Waals surface area contributed by atoms with Crippen LogP contribution in [0.5, 0.6) is 0 Å². The third kappa shape index (κ3) is 8.18. The van der Waals surface area contributed by atoms with Crippen molar-refractivity contribution in [2.75, 3.05) is 66.5 Å². The Morgan fingerprint density at radius 3 is 2.46 bits per heavy atom. The van der Waals surface area contributed by atoms with Crippen LogP contribution in [0.2, 0.25) is 0 Å². The Hall–Kier alpha value is -0.260. The minimum Gasteiger partial charge on any atom is -0.357 e. The number of hydrogen-bond donors (Lipinski definition) is 2. The van der Waals surface area contributed by atoms with E-state index in [-0.39, 0.29) is 30.5 Å². The largest absolute Gasteiger partial charge is 0.357 e. The van der Waals surface area contributed by atoms with Gasteiger partial charge in [-0.3, -0.25) is 14.8 Å². The lowest BCUT2D eigenvalue weighted by Crippen LogP contribution is -2.52. The second-order valence-corrected chi connectivity index (χ2v) is 7.23. The molecule has 0 saturated carbocycles. The molecule has 2 heterocycles. The molecular weight excluding hydrogens is 453 g/mol. The van der Waals surface area contributed by atoms with Crippen molar-refractivity contribution in [3.05, 3.63) is 0 Å². The Balaban J connectivity index is 0.00000338. The fourth-order valence-corrected chi connectivity index (χ4v) is 3.46. The summed E-state index contributed by atoms with van der Waals surface area (Å²) in [6.45, 7) is 8.18. The monoisotopic (exact) mass is 488 g/mol. The number of nitrogens with zero attached hydrogens (tertiary/aromatic N) is 4. The summed E-state index contributed by atoms with van der Waals surface area (Å²) in [6.07, 6.45) is -0.485. The van der Waals surface area contributed by atoms with Crippen molar-refractivity contribution in [3.63, 3.8) is 0 Å². The fraction of sp³-hybridized carbons (Fsp3) is 0.941. The first-order chi connectivity index (χ1) is 12.0. The van der Waals surface area contributed by atoms with Crippen LogP contribution in [-0.4, -0.2) is 106 Å². The number of hydrogen-bond acceptors (Lipinski definition) is 4. The zero-order chi connectivity index (χ0) is 18.2. The van der Waals surface area contributed by atoms with E-state index in [0.29, 0.717) is 12.1 Å². The summed E-state index contributed by atoms with van der Waals surface area (Å²) in [5.41, 5.74) is 0. The summed E-state index contributed by atoms with van der Waals surface area (Å²) in [4.78, 5) is 11.3. The molecule has 2 saturated heterocycles. The number of halogens is 3. The molecule has 0 aromatic rings. The van der Waals surface area contributed by atoms with Crippen LogP contribution < -0.4 is 10.6 Å². The van der Waals surface area contributed by atoms with E-state index in [1.165, 1.54) is 0 Å². The van der Waals surface area contributed by atoms with Crippen LogP contribution in [-0.2, 0) is 0 Å². The number of piperazine rings is 1. The van der Waals surface area contributed by atoms with Gasteiger partial charge in [0.15, 0.2) is 5.96 Å². The highest BCUT2D eigenvalue weighted by Gasteiger charge is 2.24. The van der Waals surface area contributed by atoms with Crippen molar-refractivity contribution in [1.29, 1.82) is 0 Å². The Morgan fingerprint density at radius 2 is 1.85 bits per heavy atom. The maximum absolute atomic E-state index is 12.5. The average Bonchev–Trinajstić information content (AvgIpc) is 2.57. The summed E-state index contributed by atoms with van der Waals surface area (Å²) in [5.74, 6) is 0.844. The molecule has 2 aliphatic heterocycles. The third-order valence-corrected chi connectivity index (χ3v) is 5.11. The van der Waals surface area contributed by atoms with Gasteiger partial charge in [0.2, 0.25) is 0 Å². The molecule has 2 aliphatic rings. The van der Waals surface area contributed by atoms with Crippen LogP contribution in [0.4, 0.5) is 8.78 Å². The molecule has 1 unspecified atom stereocenters. The predicted octanol–water partition coefficient (Wildman–Crippen LogP) is 1.13. The number of aliphatic imine (C=N–C) groups is 1. The lowest BCUT2D eigenvalue weighted by molar-refractivity contribution is 0.0744. The second kappa shape index (κ2) is 12.2. The number of likely N-dealkylation sites (N-methyl/N-ethyl adjacent to an activating group) is 2. The first kappa shape index (κ1) is 23.8. The van der Waals surface area contributed by atoms with Gasteiger partial charge in [0.05, 0.1) is 13.1 Å². The Bertz CT molecular complexity index is 418. The lowest BCUT2D eigenvalue weighted by atomic mass is 10.1. The van der Waals surface area contributed by atoms with Crippen LogP contribution in [0, 0.1) is 0 Å². The number of rotatable bonds is 6. The van der Waals surface area contributed by atoms with Crippen molar-refractivity contribution < 1.29 is 8.78 Å². The van der Waals surface area contributed by atoms with Gasteiger partial charge in [0, 0.05) is 51.4 Å². The van der Waals surface area contributed by atoms with Crippen LogP contribution in [0.1, 0.15) is 19.8 Å². The van der Waals surface area contributed by atoms with Gasteiger partial charge in [-0.25, -0.2) is 8.78 Å². The van der Waals surface area contributed by atoms with Gasteiger partial charge in [-0.15, -0.1) is 24.0 Å². The molecule has 0 radical (unpaired) electrons. The minimum atomic E-state index is -2.24. The van der Waals surface area contributed by atoms with E-state index in [2.05, 4.69) is 41.5 Å². The highest BCUT2D eigenvalue weighted by Crippen LogP contribution is 2.12. The van der Waals surface area contributed by atoms with E-state index in [0.717, 1.165) is 64.6 Å². The number of piperidine rings is 1. The molecule has 0 amide bonds. The fourth-order valence-electron chi connectivity index (χ4n) is 3.46. The van der Waals surface area contributed by atoms with Gasteiger partial charge >= 0.3 is 0 Å². The van der Waals surface area contributed by atoms with Crippen molar-refractivity contribution in [2.45, 2.75) is 38.3 Å². The number of alkyl halides is 2. The summed E-state index contributed by atoms with van der Waals surface area (Å²) in [7, 11) is 4.31. The highest BCUT2D eigenvalue weighted by molar-refractivity contribution is 14.0. The standard InChI is InChI=1S/C17H34F2N6.HI/c1-4-20-17(21-11-15-12-23(2)9-10-24(15)3)22-14-5-7-25(8-6-14)13-16(18)19;/h14-16H,4-13H2,1-3H3,(H2,20,21,22);1H. The first-order valence-electron chi connectivity index (χ1n) is 9.42. The van der Waals surface area contributed by atoms with Crippen molar-refractivity contribution in [2.24, 2.45) is 4.99 Å². The van der Waals surface area contributed by atoms with E-state index >= 15 is 0 Å². The van der Waals surface area contributed by atoms with Gasteiger partial charge in [0.25, 0.3) is 6.43 Å². The first-order valence-corrected chi connectivity index (χ1v) is 9.42. The molecule has 0 spiro atoms. The number of likely N-dealkylation sites (tertiary alicyclic amines) is 1. The molecule has 9 heteroatoms. The van der Waals surface area contributed by atoms with Gasteiger partial charge in [0.1, 0.15) is 0 Å². The van der Waals surface area contributed by atoms with Crippen molar-refractivity contribution in [1.82, 2.24) is 25.3 Å². The Labute approximate surface area is 173 Å². The number of guanidine groups is 1. The highest BCUT2D eigenvalue weighted by atomic mass is 127. The molecule has 2 rings (SSSR count). The zero-order valence-electron chi connectivity index (χ0n) is 16.3. The van der Waals surface area contributed by atoms with Gasteiger partial charge < -0.3 is 15.5 Å². The maximum atomic E-state index is 12.5. The maximum Gasteiger partial charge on any atom is 0.251 e. The quantitative estimate of drug-likeness (QED) is 0.334. The third-order valence-electron chi connectivity index (χ3n) is 5.11. The molecule has 0 aliphatic carbocycles. The van der Waals surface area contributed by atoms with E-state index < -0.39 is 6.43 Å². The summed E-state index contributed by atoms with van der Waals surface area (Å²) < 4.78 is 24.9. The molecule has 2 fully saturated rings. The van der Waals surface area contributed by atoms with E-state index in [4.69, 9.17) is 4.99 Å². The molecule has 6 nitrogen and oxygen atoms in total. The van der Waals surface area contributed by atoms with Crippen molar-refractivity contribution in [3.8, 4) is 0 Å². The molecule has 0 aromatic carbocycles. The molecular formula is C17H35F2IN6. The van der Waals surface area contributed by atoms with E-state index in [9.17, 15) is 8.78 Å².